The third kappa shape index (κ3) is 4.47. The van der Waals surface area contributed by atoms with E-state index in [1.165, 1.54) is 0 Å². The van der Waals surface area contributed by atoms with E-state index < -0.39 is 0 Å². The molecule has 4 aromatic rings. The molecule has 0 aliphatic carbocycles. The third-order valence-corrected chi connectivity index (χ3v) is 6.28. The lowest BCUT2D eigenvalue weighted by atomic mass is 9.97. The fourth-order valence-electron chi connectivity index (χ4n) is 3.71. The topological polar surface area (TPSA) is 100 Å². The zero-order chi connectivity index (χ0) is 21.2. The quantitative estimate of drug-likeness (QED) is 0.384. The van der Waals surface area contributed by atoms with Gasteiger partial charge in [0.1, 0.15) is 16.5 Å². The molecule has 8 nitrogen and oxygen atoms in total. The fourth-order valence-corrected chi connectivity index (χ4v) is 4.52. The zero-order valence-corrected chi connectivity index (χ0v) is 17.9. The second-order valence-corrected chi connectivity index (χ2v) is 8.81. The van der Waals surface area contributed by atoms with E-state index >= 15 is 0 Å². The van der Waals surface area contributed by atoms with Gasteiger partial charge < -0.3 is 10.6 Å². The number of benzene rings is 1. The number of hydrogen-bond acceptors (Lipinski definition) is 7. The molecule has 0 spiro atoms. The van der Waals surface area contributed by atoms with Crippen LogP contribution in [0.15, 0.2) is 58.7 Å². The SMILES string of the molecule is Cc1cc(Nc2nc(Sc3ccc(CC(=O)C4CCNC4)cc3)cc3nccn23)n[nH]1. The molecule has 0 saturated carbocycles. The normalized spacial score (nSPS) is 16.1. The van der Waals surface area contributed by atoms with E-state index in [2.05, 4.69) is 25.8 Å². The van der Waals surface area contributed by atoms with Crippen molar-refractivity contribution < 1.29 is 4.79 Å². The lowest BCUT2D eigenvalue weighted by Crippen LogP contribution is -2.19. The van der Waals surface area contributed by atoms with Gasteiger partial charge >= 0.3 is 0 Å². The summed E-state index contributed by atoms with van der Waals surface area (Å²) in [7, 11) is 0. The van der Waals surface area contributed by atoms with Crippen molar-refractivity contribution in [1.82, 2.24) is 29.9 Å². The van der Waals surface area contributed by atoms with Crippen LogP contribution in [0.4, 0.5) is 11.8 Å². The second-order valence-electron chi connectivity index (χ2n) is 7.71. The molecular weight excluding hydrogens is 410 g/mol. The molecule has 0 amide bonds. The largest absolute Gasteiger partial charge is 0.316 e. The van der Waals surface area contributed by atoms with E-state index in [-0.39, 0.29) is 5.92 Å². The summed E-state index contributed by atoms with van der Waals surface area (Å²) in [6.07, 6.45) is 5.05. The average molecular weight is 434 g/mol. The molecule has 3 N–H and O–H groups in total. The molecule has 3 aromatic heterocycles. The Bertz CT molecular complexity index is 1210. The summed E-state index contributed by atoms with van der Waals surface area (Å²) >= 11 is 1.56. The number of nitrogens with one attached hydrogen (secondary N) is 3. The highest BCUT2D eigenvalue weighted by atomic mass is 32.2. The highest BCUT2D eigenvalue weighted by Gasteiger charge is 2.22. The molecule has 31 heavy (non-hydrogen) atoms. The molecule has 158 valence electrons. The van der Waals surface area contributed by atoms with Gasteiger partial charge in [-0.05, 0) is 37.6 Å². The van der Waals surface area contributed by atoms with Crippen molar-refractivity contribution in [2.24, 2.45) is 5.92 Å². The van der Waals surface area contributed by atoms with E-state index in [1.807, 2.05) is 53.9 Å². The van der Waals surface area contributed by atoms with Crippen LogP contribution in [0, 0.1) is 12.8 Å². The Hall–Kier alpha value is -3.17. The minimum absolute atomic E-state index is 0.156. The first-order valence-electron chi connectivity index (χ1n) is 10.3. The lowest BCUT2D eigenvalue weighted by Gasteiger charge is -2.09. The Morgan fingerprint density at radius 1 is 1.29 bits per heavy atom. The molecule has 4 heterocycles. The highest BCUT2D eigenvalue weighted by Crippen LogP contribution is 2.29. The highest BCUT2D eigenvalue weighted by molar-refractivity contribution is 7.99. The fraction of sp³-hybridized carbons (Fsp3) is 0.273. The van der Waals surface area contributed by atoms with Crippen LogP contribution in [0.1, 0.15) is 17.7 Å². The average Bonchev–Trinajstić information content (AvgIpc) is 3.51. The minimum Gasteiger partial charge on any atom is -0.316 e. The molecular formula is C22H23N7OS. The lowest BCUT2D eigenvalue weighted by molar-refractivity contribution is -0.121. The van der Waals surface area contributed by atoms with Gasteiger partial charge in [0.15, 0.2) is 5.82 Å². The number of carbonyl (C=O) groups excluding carboxylic acids is 1. The summed E-state index contributed by atoms with van der Waals surface area (Å²) in [5, 5.41) is 14.5. The van der Waals surface area contributed by atoms with Crippen LogP contribution in [-0.2, 0) is 11.2 Å². The van der Waals surface area contributed by atoms with Gasteiger partial charge in [0, 0.05) is 54.0 Å². The van der Waals surface area contributed by atoms with Crippen molar-refractivity contribution in [1.29, 1.82) is 0 Å². The Kier molecular flexibility index (Phi) is 5.44. The van der Waals surface area contributed by atoms with Gasteiger partial charge in [0.25, 0.3) is 0 Å². The van der Waals surface area contributed by atoms with Crippen molar-refractivity contribution in [3.8, 4) is 0 Å². The van der Waals surface area contributed by atoms with E-state index in [1.54, 1.807) is 18.0 Å². The Morgan fingerprint density at radius 2 is 2.16 bits per heavy atom. The van der Waals surface area contributed by atoms with Crippen LogP contribution >= 0.6 is 11.8 Å². The van der Waals surface area contributed by atoms with Crippen molar-refractivity contribution in [3.05, 3.63) is 60.0 Å². The van der Waals surface area contributed by atoms with Crippen LogP contribution in [0.3, 0.4) is 0 Å². The summed E-state index contributed by atoms with van der Waals surface area (Å²) in [5.41, 5.74) is 2.83. The van der Waals surface area contributed by atoms with E-state index in [0.29, 0.717) is 24.0 Å². The molecule has 0 radical (unpaired) electrons. The van der Waals surface area contributed by atoms with Gasteiger partial charge in [0.2, 0.25) is 5.95 Å². The molecule has 1 unspecified atom stereocenters. The standard InChI is InChI=1S/C22H23N7OS/c1-14-10-19(28-27-14)25-22-26-21(12-20-24-8-9-29(20)22)31-17-4-2-15(3-5-17)11-18(30)16-6-7-23-13-16/h2-5,8-10,12,16,23H,6-7,11,13H2,1H3,(H2,25,26,27,28). The summed E-state index contributed by atoms with van der Waals surface area (Å²) in [5.74, 6) is 1.83. The minimum atomic E-state index is 0.156. The Morgan fingerprint density at radius 3 is 2.90 bits per heavy atom. The predicted molar refractivity (Wildman–Crippen MR) is 120 cm³/mol. The molecule has 1 aromatic carbocycles. The second kappa shape index (κ2) is 8.52. The number of fused-ring (bicyclic) bond motifs is 1. The number of anilines is 2. The number of nitrogens with zero attached hydrogens (tertiary/aromatic N) is 4. The number of aromatic amines is 1. The van der Waals surface area contributed by atoms with Crippen LogP contribution in [0.25, 0.3) is 5.65 Å². The molecule has 1 fully saturated rings. The summed E-state index contributed by atoms with van der Waals surface area (Å²) in [6.45, 7) is 3.70. The van der Waals surface area contributed by atoms with Crippen molar-refractivity contribution >= 4 is 35.0 Å². The number of hydrogen-bond donors (Lipinski definition) is 3. The summed E-state index contributed by atoms with van der Waals surface area (Å²) in [6, 6.07) is 12.0. The monoisotopic (exact) mass is 433 g/mol. The maximum Gasteiger partial charge on any atom is 0.215 e. The number of aryl methyl sites for hydroxylation is 1. The maximum absolute atomic E-state index is 12.4. The first kappa shape index (κ1) is 19.8. The van der Waals surface area contributed by atoms with Gasteiger partial charge in [-0.15, -0.1) is 0 Å². The van der Waals surface area contributed by atoms with Crippen molar-refractivity contribution in [2.45, 2.75) is 29.7 Å². The van der Waals surface area contributed by atoms with Gasteiger partial charge in [-0.2, -0.15) is 5.10 Å². The van der Waals surface area contributed by atoms with Gasteiger partial charge in [-0.1, -0.05) is 23.9 Å². The van der Waals surface area contributed by atoms with E-state index in [9.17, 15) is 4.79 Å². The van der Waals surface area contributed by atoms with Gasteiger partial charge in [0.05, 0.1) is 0 Å². The first-order valence-corrected chi connectivity index (χ1v) is 11.1. The number of imidazole rings is 1. The number of rotatable bonds is 7. The molecule has 9 heteroatoms. The number of aromatic nitrogens is 5. The van der Waals surface area contributed by atoms with Crippen LogP contribution in [0.2, 0.25) is 0 Å². The van der Waals surface area contributed by atoms with Crippen LogP contribution in [0.5, 0.6) is 0 Å². The molecule has 5 rings (SSSR count). The molecule has 0 bridgehead atoms. The van der Waals surface area contributed by atoms with Crippen LogP contribution < -0.4 is 10.6 Å². The summed E-state index contributed by atoms with van der Waals surface area (Å²) in [4.78, 5) is 22.6. The summed E-state index contributed by atoms with van der Waals surface area (Å²) < 4.78 is 1.89. The van der Waals surface area contributed by atoms with Crippen molar-refractivity contribution in [2.75, 3.05) is 18.4 Å². The van der Waals surface area contributed by atoms with Crippen molar-refractivity contribution in [3.63, 3.8) is 0 Å². The molecule has 1 aliphatic heterocycles. The molecule has 1 saturated heterocycles. The first-order chi connectivity index (χ1) is 15.1. The van der Waals surface area contributed by atoms with E-state index in [0.717, 1.165) is 46.3 Å². The number of carbonyl (C=O) groups is 1. The van der Waals surface area contributed by atoms with Gasteiger partial charge in [-0.25, -0.2) is 9.97 Å². The Balaban J connectivity index is 1.32. The van der Waals surface area contributed by atoms with Crippen LogP contribution in [-0.4, -0.2) is 43.4 Å². The predicted octanol–water partition coefficient (Wildman–Crippen LogP) is 3.38. The maximum atomic E-state index is 12.4. The zero-order valence-electron chi connectivity index (χ0n) is 17.1. The molecule has 1 aliphatic rings. The number of ketones is 1. The number of Topliss-reactive ketones (excluding diaryl/α,β-unsaturated/α-hetero) is 1. The van der Waals surface area contributed by atoms with Gasteiger partial charge in [-0.3, -0.25) is 14.3 Å². The smallest absolute Gasteiger partial charge is 0.215 e. The number of H-pyrrole nitrogens is 1. The van der Waals surface area contributed by atoms with E-state index in [4.69, 9.17) is 4.98 Å². The third-order valence-electron chi connectivity index (χ3n) is 5.35. The Labute approximate surface area is 183 Å². The molecule has 1 atom stereocenters.